The Kier molecular flexibility index (Phi) is 5.36. The molecule has 0 saturated heterocycles. The summed E-state index contributed by atoms with van der Waals surface area (Å²) in [5, 5.41) is 43.3. The van der Waals surface area contributed by atoms with Crippen LogP contribution >= 0.6 is 31.9 Å². The number of nitro groups is 1. The quantitative estimate of drug-likeness (QED) is 0.289. The molecule has 0 heterocycles. The molecule has 0 aliphatic rings. The number of nitrogens with zero attached hydrogens (tertiary/aromatic N) is 1. The van der Waals surface area contributed by atoms with E-state index in [0.717, 1.165) is 11.1 Å². The molecule has 28 heavy (non-hydrogen) atoms. The third-order valence-corrected chi connectivity index (χ3v) is 5.51. The predicted octanol–water partition coefficient (Wildman–Crippen LogP) is 6.19. The zero-order valence-corrected chi connectivity index (χ0v) is 18.0. The predicted molar refractivity (Wildman–Crippen MR) is 114 cm³/mol. The highest BCUT2D eigenvalue weighted by Crippen LogP contribution is 2.48. The summed E-state index contributed by atoms with van der Waals surface area (Å²) in [7, 11) is 0. The van der Waals surface area contributed by atoms with Gasteiger partial charge in [-0.1, -0.05) is 0 Å². The monoisotopic (exact) mass is 507 g/mol. The molecule has 0 bridgehead atoms. The average Bonchev–Trinajstić information content (AvgIpc) is 2.61. The fraction of sp³-hybridized carbons (Fsp3) is 0.100. The van der Waals surface area contributed by atoms with Crippen molar-refractivity contribution in [3.8, 4) is 39.5 Å². The average molecular weight is 509 g/mol. The number of aryl methyl sites for hydroxylation is 2. The van der Waals surface area contributed by atoms with Crippen LogP contribution in [0, 0.1) is 24.0 Å². The third-order valence-electron chi connectivity index (χ3n) is 4.30. The van der Waals surface area contributed by atoms with E-state index < -0.39 is 4.92 Å². The molecular formula is C20H15Br2NO5. The van der Waals surface area contributed by atoms with Crippen molar-refractivity contribution in [3.05, 3.63) is 66.6 Å². The molecule has 0 saturated carbocycles. The molecule has 144 valence electrons. The summed E-state index contributed by atoms with van der Waals surface area (Å²) in [5.74, 6) is -0.588. The van der Waals surface area contributed by atoms with E-state index in [9.17, 15) is 25.4 Å². The molecule has 0 fully saturated rings. The first-order valence-corrected chi connectivity index (χ1v) is 9.69. The number of phenolic OH excluding ortho intramolecular Hbond substituents is 3. The van der Waals surface area contributed by atoms with E-state index in [1.165, 1.54) is 12.1 Å². The Labute approximate surface area is 177 Å². The van der Waals surface area contributed by atoms with Gasteiger partial charge in [0.15, 0.2) is 0 Å². The van der Waals surface area contributed by atoms with Crippen molar-refractivity contribution in [3.63, 3.8) is 0 Å². The largest absolute Gasteiger partial charge is 0.507 e. The first-order valence-electron chi connectivity index (χ1n) is 8.10. The van der Waals surface area contributed by atoms with Gasteiger partial charge in [-0.3, -0.25) is 10.1 Å². The van der Waals surface area contributed by atoms with Gasteiger partial charge in [0, 0.05) is 34.4 Å². The lowest BCUT2D eigenvalue weighted by atomic mass is 9.94. The highest BCUT2D eigenvalue weighted by atomic mass is 79.9. The lowest BCUT2D eigenvalue weighted by Gasteiger charge is -2.15. The zero-order chi connectivity index (χ0) is 20.7. The molecule has 0 spiro atoms. The number of hydrogen-bond donors (Lipinski definition) is 3. The van der Waals surface area contributed by atoms with Gasteiger partial charge in [-0.25, -0.2) is 0 Å². The summed E-state index contributed by atoms with van der Waals surface area (Å²) in [6.07, 6.45) is 0. The number of aromatic hydroxyl groups is 3. The van der Waals surface area contributed by atoms with Crippen LogP contribution in [0.5, 0.6) is 17.2 Å². The van der Waals surface area contributed by atoms with E-state index in [2.05, 4.69) is 31.9 Å². The molecule has 3 aromatic rings. The highest BCUT2D eigenvalue weighted by molar-refractivity contribution is 9.10. The van der Waals surface area contributed by atoms with Crippen LogP contribution in [-0.4, -0.2) is 20.2 Å². The highest BCUT2D eigenvalue weighted by Gasteiger charge is 2.23. The second-order valence-corrected chi connectivity index (χ2v) is 8.14. The number of non-ortho nitro benzene ring substituents is 1. The normalized spacial score (nSPS) is 10.9. The molecule has 3 N–H and O–H groups in total. The van der Waals surface area contributed by atoms with Crippen LogP contribution in [0.4, 0.5) is 5.69 Å². The standard InChI is InChI=1S/C20H15Br2NO5/c1-9-3-12(19(25)16(21)5-9)14-7-11(23(27)28)8-15(18(14)24)13-4-10(2)6-17(22)20(13)26/h3-8,24-26H,1-2H3. The van der Waals surface area contributed by atoms with E-state index in [-0.39, 0.29) is 45.2 Å². The second-order valence-electron chi connectivity index (χ2n) is 6.43. The minimum atomic E-state index is -0.587. The Hall–Kier alpha value is -2.58. The van der Waals surface area contributed by atoms with Gasteiger partial charge < -0.3 is 15.3 Å². The number of rotatable bonds is 3. The summed E-state index contributed by atoms with van der Waals surface area (Å²) in [6, 6.07) is 9.02. The first-order chi connectivity index (χ1) is 13.1. The molecule has 0 atom stereocenters. The summed E-state index contributed by atoms with van der Waals surface area (Å²) in [4.78, 5) is 10.9. The van der Waals surface area contributed by atoms with Crippen LogP contribution < -0.4 is 0 Å². The molecule has 3 aromatic carbocycles. The fourth-order valence-corrected chi connectivity index (χ4v) is 4.16. The molecular weight excluding hydrogens is 494 g/mol. The minimum absolute atomic E-state index is 0.0862. The van der Waals surface area contributed by atoms with Crippen LogP contribution in [-0.2, 0) is 0 Å². The molecule has 6 nitrogen and oxygen atoms in total. The van der Waals surface area contributed by atoms with Gasteiger partial charge in [0.05, 0.1) is 13.9 Å². The smallest absolute Gasteiger partial charge is 0.270 e. The Bertz CT molecular complexity index is 1050. The number of benzene rings is 3. The van der Waals surface area contributed by atoms with Crippen LogP contribution in [0.2, 0.25) is 0 Å². The van der Waals surface area contributed by atoms with E-state index in [1.54, 1.807) is 38.1 Å². The maximum absolute atomic E-state index is 11.5. The number of nitro benzene ring substituents is 1. The SMILES string of the molecule is Cc1cc(Br)c(O)c(-c2cc([N+](=O)[O-])cc(-c3cc(C)cc(Br)c3O)c2O)c1. The Morgan fingerprint density at radius 2 is 1.07 bits per heavy atom. The van der Waals surface area contributed by atoms with Gasteiger partial charge in [-0.15, -0.1) is 0 Å². The van der Waals surface area contributed by atoms with Crippen LogP contribution in [0.1, 0.15) is 11.1 Å². The van der Waals surface area contributed by atoms with Gasteiger partial charge >= 0.3 is 0 Å². The molecule has 0 aliphatic heterocycles. The Balaban J connectivity index is 2.41. The van der Waals surface area contributed by atoms with Crippen molar-refractivity contribution in [2.75, 3.05) is 0 Å². The van der Waals surface area contributed by atoms with E-state index in [0.29, 0.717) is 8.95 Å². The second kappa shape index (κ2) is 7.44. The molecule has 3 rings (SSSR count). The van der Waals surface area contributed by atoms with Crippen molar-refractivity contribution in [1.29, 1.82) is 0 Å². The van der Waals surface area contributed by atoms with E-state index in [1.807, 2.05) is 0 Å². The first kappa shape index (κ1) is 20.2. The topological polar surface area (TPSA) is 104 Å². The molecule has 0 aliphatic carbocycles. The van der Waals surface area contributed by atoms with Crippen LogP contribution in [0.25, 0.3) is 22.3 Å². The number of phenols is 3. The zero-order valence-electron chi connectivity index (χ0n) is 14.8. The van der Waals surface area contributed by atoms with E-state index >= 15 is 0 Å². The number of halogens is 2. The molecule has 0 unspecified atom stereocenters. The Morgan fingerprint density at radius 1 is 0.714 bits per heavy atom. The summed E-state index contributed by atoms with van der Waals surface area (Å²) in [6.45, 7) is 3.60. The van der Waals surface area contributed by atoms with Gasteiger partial charge in [-0.05, 0) is 81.1 Å². The molecule has 0 radical (unpaired) electrons. The van der Waals surface area contributed by atoms with Crippen molar-refractivity contribution < 1.29 is 20.2 Å². The van der Waals surface area contributed by atoms with Crippen LogP contribution in [0.3, 0.4) is 0 Å². The summed E-state index contributed by atoms with van der Waals surface area (Å²) >= 11 is 6.50. The lowest BCUT2D eigenvalue weighted by molar-refractivity contribution is -0.384. The molecule has 0 aromatic heterocycles. The molecule has 0 amide bonds. The molecule has 8 heteroatoms. The minimum Gasteiger partial charge on any atom is -0.507 e. The van der Waals surface area contributed by atoms with Gasteiger partial charge in [-0.2, -0.15) is 0 Å². The number of hydrogen-bond acceptors (Lipinski definition) is 5. The maximum atomic E-state index is 11.5. The Morgan fingerprint density at radius 3 is 1.43 bits per heavy atom. The lowest BCUT2D eigenvalue weighted by Crippen LogP contribution is -1.94. The van der Waals surface area contributed by atoms with E-state index in [4.69, 9.17) is 0 Å². The summed E-state index contributed by atoms with van der Waals surface area (Å²) < 4.78 is 0.798. The fourth-order valence-electron chi connectivity index (χ4n) is 3.02. The van der Waals surface area contributed by atoms with Crippen molar-refractivity contribution in [1.82, 2.24) is 0 Å². The van der Waals surface area contributed by atoms with Crippen molar-refractivity contribution in [2.45, 2.75) is 13.8 Å². The summed E-state index contributed by atoms with van der Waals surface area (Å²) in [5.41, 5.74) is 1.94. The van der Waals surface area contributed by atoms with Gasteiger partial charge in [0.2, 0.25) is 0 Å². The third kappa shape index (κ3) is 3.57. The van der Waals surface area contributed by atoms with Crippen molar-refractivity contribution in [2.24, 2.45) is 0 Å². The maximum Gasteiger partial charge on any atom is 0.270 e. The van der Waals surface area contributed by atoms with Gasteiger partial charge in [0.1, 0.15) is 17.2 Å². The van der Waals surface area contributed by atoms with Crippen LogP contribution in [0.15, 0.2) is 45.3 Å². The van der Waals surface area contributed by atoms with Crippen molar-refractivity contribution >= 4 is 37.5 Å². The van der Waals surface area contributed by atoms with Gasteiger partial charge in [0.25, 0.3) is 5.69 Å².